The second-order valence-electron chi connectivity index (χ2n) is 9.72. The molecule has 0 saturated carbocycles. The average Bonchev–Trinajstić information content (AvgIpc) is 2.89. The Kier molecular flexibility index (Phi) is 7.70. The molecule has 8 heteroatoms. The number of carboxylic acids is 1. The second-order valence-corrected chi connectivity index (χ2v) is 10.6. The van der Waals surface area contributed by atoms with E-state index in [0.717, 1.165) is 22.5 Å². The van der Waals surface area contributed by atoms with Crippen molar-refractivity contribution in [2.45, 2.75) is 58.0 Å². The first-order valence-corrected chi connectivity index (χ1v) is 13.8. The summed E-state index contributed by atoms with van der Waals surface area (Å²) >= 11 is 3.66. The molecular weight excluding hydrogens is 550 g/mol. The normalized spacial score (nSPS) is 17.9. The van der Waals surface area contributed by atoms with E-state index < -0.39 is 11.9 Å². The fourth-order valence-electron chi connectivity index (χ4n) is 5.76. The molecule has 198 valence electrons. The lowest BCUT2D eigenvalue weighted by molar-refractivity contribution is -0.138. The molecule has 0 fully saturated rings. The molecule has 1 aliphatic heterocycles. The zero-order chi connectivity index (χ0) is 26.8. The van der Waals surface area contributed by atoms with Crippen molar-refractivity contribution in [2.24, 2.45) is 0 Å². The van der Waals surface area contributed by atoms with Gasteiger partial charge in [-0.2, -0.15) is 0 Å². The molecular formula is C30H30BrNO6. The lowest BCUT2D eigenvalue weighted by Crippen LogP contribution is -2.41. The number of hydrogen-bond acceptors (Lipinski definition) is 6. The fraction of sp³-hybridized carbons (Fsp3) is 0.367. The predicted octanol–water partition coefficient (Wildman–Crippen LogP) is 5.92. The molecule has 1 heterocycles. The van der Waals surface area contributed by atoms with Gasteiger partial charge in [-0.05, 0) is 71.8 Å². The van der Waals surface area contributed by atoms with Crippen LogP contribution in [0.2, 0.25) is 0 Å². The maximum absolute atomic E-state index is 13.4. The number of aliphatic carboxylic acids is 1. The number of carbonyl (C=O) groups is 3. The van der Waals surface area contributed by atoms with Crippen molar-refractivity contribution in [3.63, 3.8) is 0 Å². The topological polar surface area (TPSA) is 93.1 Å². The molecule has 1 N–H and O–H groups in total. The number of hydrogen-bond donors (Lipinski definition) is 1. The van der Waals surface area contributed by atoms with Crippen LogP contribution in [0.5, 0.6) is 11.5 Å². The van der Waals surface area contributed by atoms with Gasteiger partial charge >= 0.3 is 5.97 Å². The van der Waals surface area contributed by atoms with E-state index in [-0.39, 0.29) is 18.1 Å². The summed E-state index contributed by atoms with van der Waals surface area (Å²) in [7, 11) is 0. The smallest absolute Gasteiger partial charge is 0.323 e. The van der Waals surface area contributed by atoms with Gasteiger partial charge in [0.05, 0.1) is 11.1 Å². The van der Waals surface area contributed by atoms with Crippen LogP contribution in [-0.2, 0) is 21.0 Å². The lowest BCUT2D eigenvalue weighted by Gasteiger charge is -2.43. The molecule has 0 spiro atoms. The minimum Gasteiger partial charge on any atom is -0.490 e. The number of ether oxygens (including phenoxy) is 2. The SMILES string of the molecule is CCOc1cc(C2C3=C(CCCC3=O)N(CC(=O)O)C3=C2C(=O)CCC3)cc(Br)c1OCc1ccccc1. The molecule has 0 unspecified atom stereocenters. The van der Waals surface area contributed by atoms with Crippen LogP contribution in [0.1, 0.15) is 62.5 Å². The third kappa shape index (κ3) is 5.01. The highest BCUT2D eigenvalue weighted by atomic mass is 79.9. The largest absolute Gasteiger partial charge is 0.490 e. The molecule has 0 amide bonds. The van der Waals surface area contributed by atoms with Crippen LogP contribution in [0.25, 0.3) is 0 Å². The molecule has 2 aliphatic carbocycles. The van der Waals surface area contributed by atoms with Crippen LogP contribution in [0, 0.1) is 0 Å². The van der Waals surface area contributed by atoms with Crippen molar-refractivity contribution in [3.8, 4) is 11.5 Å². The Bertz CT molecular complexity index is 1300. The van der Waals surface area contributed by atoms with E-state index in [1.165, 1.54) is 0 Å². The molecule has 38 heavy (non-hydrogen) atoms. The van der Waals surface area contributed by atoms with Crippen LogP contribution in [-0.4, -0.2) is 40.7 Å². The number of rotatable bonds is 8. The highest BCUT2D eigenvalue weighted by Crippen LogP contribution is 2.51. The van der Waals surface area contributed by atoms with Gasteiger partial charge in [0.15, 0.2) is 23.1 Å². The van der Waals surface area contributed by atoms with Crippen molar-refractivity contribution in [2.75, 3.05) is 13.2 Å². The molecule has 7 nitrogen and oxygen atoms in total. The summed E-state index contributed by atoms with van der Waals surface area (Å²) in [5.74, 6) is -0.540. The van der Waals surface area contributed by atoms with Gasteiger partial charge in [-0.3, -0.25) is 14.4 Å². The molecule has 2 aromatic carbocycles. The molecule has 0 atom stereocenters. The van der Waals surface area contributed by atoms with Gasteiger partial charge in [0.2, 0.25) is 0 Å². The first kappa shape index (κ1) is 26.2. The Morgan fingerprint density at radius 2 is 1.61 bits per heavy atom. The van der Waals surface area contributed by atoms with Gasteiger partial charge < -0.3 is 19.5 Å². The molecule has 0 radical (unpaired) electrons. The number of allylic oxidation sites excluding steroid dienone is 4. The first-order valence-electron chi connectivity index (χ1n) is 13.0. The van der Waals surface area contributed by atoms with Gasteiger partial charge in [-0.15, -0.1) is 0 Å². The number of carboxylic acid groups (broad SMARTS) is 1. The lowest BCUT2D eigenvalue weighted by atomic mass is 9.71. The van der Waals surface area contributed by atoms with E-state index in [0.29, 0.717) is 78.9 Å². The Balaban J connectivity index is 1.63. The van der Waals surface area contributed by atoms with Crippen LogP contribution >= 0.6 is 15.9 Å². The molecule has 0 aromatic heterocycles. The molecule has 3 aliphatic rings. The number of nitrogens with zero attached hydrogens (tertiary/aromatic N) is 1. The Labute approximate surface area is 230 Å². The number of carbonyl (C=O) groups excluding carboxylic acids is 2. The number of halogens is 1. The minimum absolute atomic E-state index is 0.0324. The van der Waals surface area contributed by atoms with E-state index in [9.17, 15) is 19.5 Å². The summed E-state index contributed by atoms with van der Waals surface area (Å²) in [6, 6.07) is 13.6. The third-order valence-electron chi connectivity index (χ3n) is 7.27. The highest BCUT2D eigenvalue weighted by Gasteiger charge is 2.44. The zero-order valence-corrected chi connectivity index (χ0v) is 22.9. The second kappa shape index (κ2) is 11.2. The van der Waals surface area contributed by atoms with E-state index in [2.05, 4.69) is 15.9 Å². The summed E-state index contributed by atoms with van der Waals surface area (Å²) < 4.78 is 12.8. The van der Waals surface area contributed by atoms with E-state index in [1.807, 2.05) is 49.4 Å². The summed E-state index contributed by atoms with van der Waals surface area (Å²) in [4.78, 5) is 40.4. The van der Waals surface area contributed by atoms with Crippen molar-refractivity contribution >= 4 is 33.5 Å². The van der Waals surface area contributed by atoms with Gasteiger partial charge in [-0.1, -0.05) is 30.3 Å². The van der Waals surface area contributed by atoms with Gasteiger partial charge in [-0.25, -0.2) is 0 Å². The zero-order valence-electron chi connectivity index (χ0n) is 21.3. The van der Waals surface area contributed by atoms with Gasteiger partial charge in [0.1, 0.15) is 13.2 Å². The Hall–Kier alpha value is -3.39. The van der Waals surface area contributed by atoms with E-state index >= 15 is 0 Å². The third-order valence-corrected chi connectivity index (χ3v) is 7.86. The van der Waals surface area contributed by atoms with Crippen molar-refractivity contribution in [1.82, 2.24) is 4.90 Å². The van der Waals surface area contributed by atoms with Crippen LogP contribution in [0.3, 0.4) is 0 Å². The summed E-state index contributed by atoms with van der Waals surface area (Å²) in [6.45, 7) is 2.40. The Morgan fingerprint density at radius 1 is 0.974 bits per heavy atom. The van der Waals surface area contributed by atoms with Crippen molar-refractivity contribution in [3.05, 3.63) is 80.6 Å². The molecule has 5 rings (SSSR count). The van der Waals surface area contributed by atoms with E-state index in [1.54, 1.807) is 4.90 Å². The maximum Gasteiger partial charge on any atom is 0.323 e. The minimum atomic E-state index is -0.987. The van der Waals surface area contributed by atoms with Crippen LogP contribution in [0.4, 0.5) is 0 Å². The standard InChI is InChI=1S/C30H30BrNO6/c1-2-37-25-15-19(14-20(31)30(25)38-17-18-8-4-3-5-9-18)27-28-21(10-6-12-23(28)33)32(16-26(35)36)22-11-7-13-24(34)29(22)27/h3-5,8-9,14-15,27H,2,6-7,10-13,16-17H2,1H3,(H,35,36). The quantitative estimate of drug-likeness (QED) is 0.414. The van der Waals surface area contributed by atoms with E-state index in [4.69, 9.17) is 9.47 Å². The van der Waals surface area contributed by atoms with Crippen LogP contribution < -0.4 is 9.47 Å². The molecule has 2 aromatic rings. The average molecular weight is 580 g/mol. The highest BCUT2D eigenvalue weighted by molar-refractivity contribution is 9.10. The maximum atomic E-state index is 13.4. The van der Waals surface area contributed by atoms with Crippen molar-refractivity contribution in [1.29, 1.82) is 0 Å². The van der Waals surface area contributed by atoms with Gasteiger partial charge in [0, 0.05) is 41.3 Å². The predicted molar refractivity (Wildman–Crippen MR) is 145 cm³/mol. The fourth-order valence-corrected chi connectivity index (χ4v) is 6.34. The van der Waals surface area contributed by atoms with Gasteiger partial charge in [0.25, 0.3) is 0 Å². The van der Waals surface area contributed by atoms with Crippen LogP contribution in [0.15, 0.2) is 69.5 Å². The summed E-state index contributed by atoms with van der Waals surface area (Å²) in [5, 5.41) is 9.66. The summed E-state index contributed by atoms with van der Waals surface area (Å²) in [5.41, 5.74) is 4.33. The first-order chi connectivity index (χ1) is 18.4. The Morgan fingerprint density at radius 3 is 2.18 bits per heavy atom. The molecule has 0 bridgehead atoms. The molecule has 0 saturated heterocycles. The van der Waals surface area contributed by atoms with Crippen molar-refractivity contribution < 1.29 is 29.0 Å². The summed E-state index contributed by atoms with van der Waals surface area (Å²) in [6.07, 6.45) is 3.30. The monoisotopic (exact) mass is 579 g/mol. The number of benzene rings is 2. The number of Topliss-reactive ketones (excluding diaryl/α,β-unsaturated/α-hetero) is 2. The number of ketones is 2.